The zero-order valence-electron chi connectivity index (χ0n) is 16.9. The molecule has 0 unspecified atom stereocenters. The van der Waals surface area contributed by atoms with Gasteiger partial charge >= 0.3 is 0 Å². The molecule has 1 aromatic heterocycles. The number of fused-ring (bicyclic) bond motifs is 1. The van der Waals surface area contributed by atoms with Crippen LogP contribution >= 0.6 is 11.8 Å². The van der Waals surface area contributed by atoms with Gasteiger partial charge in [0.25, 0.3) is 0 Å². The molecule has 0 fully saturated rings. The van der Waals surface area contributed by atoms with E-state index in [1.807, 2.05) is 6.92 Å². The van der Waals surface area contributed by atoms with Crippen molar-refractivity contribution >= 4 is 17.7 Å². The van der Waals surface area contributed by atoms with Gasteiger partial charge in [0.15, 0.2) is 5.82 Å². The second-order valence-electron chi connectivity index (χ2n) is 7.03. The molecule has 3 rings (SSSR count). The predicted molar refractivity (Wildman–Crippen MR) is 110 cm³/mol. The topological polar surface area (TPSA) is 72.3 Å². The predicted octanol–water partition coefficient (Wildman–Crippen LogP) is 2.27. The van der Waals surface area contributed by atoms with Gasteiger partial charge in [-0.05, 0) is 30.9 Å². The van der Waals surface area contributed by atoms with Gasteiger partial charge in [0, 0.05) is 51.0 Å². The Kier molecular flexibility index (Phi) is 7.47. The SMILES string of the molecule is COCCC(=O)N[C@@H](C)c1nnc2n1CCN(Cc1ccc(SC)cc1)CC2. The van der Waals surface area contributed by atoms with Gasteiger partial charge in [-0.2, -0.15) is 0 Å². The van der Waals surface area contributed by atoms with E-state index in [2.05, 4.69) is 55.5 Å². The number of amides is 1. The molecule has 0 saturated heterocycles. The average molecular weight is 404 g/mol. The molecule has 152 valence electrons. The minimum Gasteiger partial charge on any atom is -0.384 e. The Morgan fingerprint density at radius 3 is 2.75 bits per heavy atom. The molecular weight excluding hydrogens is 374 g/mol. The van der Waals surface area contributed by atoms with Crippen molar-refractivity contribution in [2.45, 2.75) is 43.8 Å². The van der Waals surface area contributed by atoms with Crippen molar-refractivity contribution in [3.63, 3.8) is 0 Å². The van der Waals surface area contributed by atoms with Gasteiger partial charge in [-0.3, -0.25) is 9.69 Å². The van der Waals surface area contributed by atoms with Gasteiger partial charge in [-0.1, -0.05) is 12.1 Å². The van der Waals surface area contributed by atoms with Gasteiger partial charge < -0.3 is 14.6 Å². The Labute approximate surface area is 170 Å². The Hall–Kier alpha value is -1.90. The zero-order chi connectivity index (χ0) is 19.9. The maximum absolute atomic E-state index is 12.0. The van der Waals surface area contributed by atoms with E-state index in [1.54, 1.807) is 18.9 Å². The summed E-state index contributed by atoms with van der Waals surface area (Å²) in [6.45, 7) is 6.04. The van der Waals surface area contributed by atoms with Gasteiger partial charge in [0.2, 0.25) is 5.91 Å². The van der Waals surface area contributed by atoms with Crippen LogP contribution in [0.25, 0.3) is 0 Å². The van der Waals surface area contributed by atoms with Crippen LogP contribution in [0.15, 0.2) is 29.2 Å². The summed E-state index contributed by atoms with van der Waals surface area (Å²) in [5, 5.41) is 11.7. The normalized spacial score (nSPS) is 15.7. The molecule has 1 aliphatic rings. The minimum atomic E-state index is -0.170. The Morgan fingerprint density at radius 1 is 1.25 bits per heavy atom. The fourth-order valence-electron chi connectivity index (χ4n) is 3.43. The standard InChI is InChI=1S/C20H29N5O2S/c1-15(21-19(26)9-13-27-2)20-23-22-18-8-10-24(11-12-25(18)20)14-16-4-6-17(28-3)7-5-16/h4-7,15H,8-14H2,1-3H3,(H,21,26)/t15-/m0/s1. The summed E-state index contributed by atoms with van der Waals surface area (Å²) in [6, 6.07) is 8.61. The third-order valence-electron chi connectivity index (χ3n) is 5.01. The lowest BCUT2D eigenvalue weighted by Crippen LogP contribution is -2.30. The molecule has 28 heavy (non-hydrogen) atoms. The van der Waals surface area contributed by atoms with E-state index in [1.165, 1.54) is 10.5 Å². The first-order valence-corrected chi connectivity index (χ1v) is 10.9. The summed E-state index contributed by atoms with van der Waals surface area (Å²) in [5.41, 5.74) is 1.33. The first kappa shape index (κ1) is 20.8. The molecule has 2 heterocycles. The molecule has 8 heteroatoms. The van der Waals surface area contributed by atoms with Crippen molar-refractivity contribution in [3.8, 4) is 0 Å². The molecule has 1 aromatic carbocycles. The molecule has 1 aliphatic heterocycles. The zero-order valence-corrected chi connectivity index (χ0v) is 17.7. The summed E-state index contributed by atoms with van der Waals surface area (Å²) in [7, 11) is 1.60. The van der Waals surface area contributed by atoms with Crippen LogP contribution < -0.4 is 5.32 Å². The smallest absolute Gasteiger partial charge is 0.222 e. The molecule has 0 bridgehead atoms. The number of nitrogens with one attached hydrogen (secondary N) is 1. The van der Waals surface area contributed by atoms with Gasteiger partial charge in [0.1, 0.15) is 5.82 Å². The molecule has 1 N–H and O–H groups in total. The second-order valence-corrected chi connectivity index (χ2v) is 7.91. The van der Waals surface area contributed by atoms with Crippen LogP contribution in [0.4, 0.5) is 0 Å². The maximum Gasteiger partial charge on any atom is 0.222 e. The van der Waals surface area contributed by atoms with Crippen molar-refractivity contribution < 1.29 is 9.53 Å². The number of thioether (sulfide) groups is 1. The van der Waals surface area contributed by atoms with E-state index in [4.69, 9.17) is 4.74 Å². The number of aromatic nitrogens is 3. The van der Waals surface area contributed by atoms with Crippen LogP contribution in [0.2, 0.25) is 0 Å². The molecule has 0 spiro atoms. The fraction of sp³-hybridized carbons (Fsp3) is 0.550. The van der Waals surface area contributed by atoms with Gasteiger partial charge in [-0.25, -0.2) is 0 Å². The lowest BCUT2D eigenvalue weighted by Gasteiger charge is -2.20. The first-order chi connectivity index (χ1) is 13.6. The number of rotatable bonds is 8. The van der Waals surface area contributed by atoms with Crippen LogP contribution in [-0.2, 0) is 29.0 Å². The van der Waals surface area contributed by atoms with E-state index in [9.17, 15) is 4.79 Å². The largest absolute Gasteiger partial charge is 0.384 e. The first-order valence-electron chi connectivity index (χ1n) is 9.66. The van der Waals surface area contributed by atoms with E-state index in [0.29, 0.717) is 13.0 Å². The van der Waals surface area contributed by atoms with Crippen molar-refractivity contribution in [3.05, 3.63) is 41.5 Å². The number of benzene rings is 1. The number of ether oxygens (including phenoxy) is 1. The molecule has 7 nitrogen and oxygen atoms in total. The van der Waals surface area contributed by atoms with Crippen LogP contribution in [-0.4, -0.2) is 58.6 Å². The molecule has 1 atom stereocenters. The Bertz CT molecular complexity index is 777. The van der Waals surface area contributed by atoms with Crippen LogP contribution in [0.5, 0.6) is 0 Å². The monoisotopic (exact) mass is 403 g/mol. The maximum atomic E-state index is 12.0. The van der Waals surface area contributed by atoms with Crippen LogP contribution in [0.3, 0.4) is 0 Å². The summed E-state index contributed by atoms with van der Waals surface area (Å²) in [4.78, 5) is 15.7. The highest BCUT2D eigenvalue weighted by atomic mass is 32.2. The molecule has 1 amide bonds. The highest BCUT2D eigenvalue weighted by molar-refractivity contribution is 7.98. The summed E-state index contributed by atoms with van der Waals surface area (Å²) in [5.74, 6) is 1.79. The highest BCUT2D eigenvalue weighted by Crippen LogP contribution is 2.19. The third-order valence-corrected chi connectivity index (χ3v) is 5.75. The van der Waals surface area contributed by atoms with Crippen LogP contribution in [0.1, 0.15) is 36.6 Å². The van der Waals surface area contributed by atoms with Crippen molar-refractivity contribution in [2.24, 2.45) is 0 Å². The van der Waals surface area contributed by atoms with Crippen molar-refractivity contribution in [1.82, 2.24) is 25.0 Å². The fourth-order valence-corrected chi connectivity index (χ4v) is 3.84. The van der Waals surface area contributed by atoms with E-state index >= 15 is 0 Å². The number of nitrogens with zero attached hydrogens (tertiary/aromatic N) is 4. The van der Waals surface area contributed by atoms with Gasteiger partial charge in [-0.15, -0.1) is 22.0 Å². The number of carbonyl (C=O) groups is 1. The lowest BCUT2D eigenvalue weighted by molar-refractivity contribution is -0.122. The van der Waals surface area contributed by atoms with Crippen LogP contribution in [0, 0.1) is 0 Å². The number of hydrogen-bond donors (Lipinski definition) is 1. The van der Waals surface area contributed by atoms with E-state index in [0.717, 1.165) is 44.2 Å². The van der Waals surface area contributed by atoms with Crippen molar-refractivity contribution in [2.75, 3.05) is 33.1 Å². The molecular formula is C20H29N5O2S. The molecule has 2 aromatic rings. The summed E-state index contributed by atoms with van der Waals surface area (Å²) >= 11 is 1.76. The minimum absolute atomic E-state index is 0.0318. The molecule has 0 aliphatic carbocycles. The van der Waals surface area contributed by atoms with E-state index < -0.39 is 0 Å². The number of methoxy groups -OCH3 is 1. The van der Waals surface area contributed by atoms with Gasteiger partial charge in [0.05, 0.1) is 12.6 Å². The number of hydrogen-bond acceptors (Lipinski definition) is 6. The second kappa shape index (κ2) is 10.0. The Balaban J connectivity index is 1.60. The summed E-state index contributed by atoms with van der Waals surface area (Å²) in [6.07, 6.45) is 3.31. The average Bonchev–Trinajstić information content (AvgIpc) is 3.02. The highest BCUT2D eigenvalue weighted by Gasteiger charge is 2.22. The molecule has 0 saturated carbocycles. The summed E-state index contributed by atoms with van der Waals surface area (Å²) < 4.78 is 7.13. The van der Waals surface area contributed by atoms with E-state index in [-0.39, 0.29) is 11.9 Å². The third kappa shape index (κ3) is 5.33. The lowest BCUT2D eigenvalue weighted by atomic mass is 10.2. The Morgan fingerprint density at radius 2 is 2.04 bits per heavy atom. The molecule has 0 radical (unpaired) electrons. The number of carbonyl (C=O) groups excluding carboxylic acids is 1. The van der Waals surface area contributed by atoms with Crippen molar-refractivity contribution in [1.29, 1.82) is 0 Å². The quantitative estimate of drug-likeness (QED) is 0.682.